The van der Waals surface area contributed by atoms with Crippen LogP contribution in [0.1, 0.15) is 42.4 Å². The van der Waals surface area contributed by atoms with Gasteiger partial charge in [-0.3, -0.25) is 4.79 Å². The van der Waals surface area contributed by atoms with E-state index in [1.165, 1.54) is 5.56 Å². The number of halogens is 1. The van der Waals surface area contributed by atoms with E-state index in [9.17, 15) is 4.79 Å². The number of hydrogen-bond donors (Lipinski definition) is 1. The zero-order valence-electron chi connectivity index (χ0n) is 19.1. The van der Waals surface area contributed by atoms with Crippen molar-refractivity contribution in [3.05, 3.63) is 88.7 Å². The summed E-state index contributed by atoms with van der Waals surface area (Å²) < 4.78 is 5.85. The molecule has 2 aromatic carbocycles. The lowest BCUT2D eigenvalue weighted by Gasteiger charge is -2.24. The maximum atomic E-state index is 13.5. The summed E-state index contributed by atoms with van der Waals surface area (Å²) in [6, 6.07) is 21.4. The van der Waals surface area contributed by atoms with Gasteiger partial charge in [-0.15, -0.1) is 0 Å². The number of rotatable bonds is 8. The predicted molar refractivity (Wildman–Crippen MR) is 131 cm³/mol. The Kier molecular flexibility index (Phi) is 7.75. The van der Waals surface area contributed by atoms with Crippen LogP contribution < -0.4 is 10.1 Å². The van der Waals surface area contributed by atoms with Crippen LogP contribution in [-0.4, -0.2) is 36.0 Å². The van der Waals surface area contributed by atoms with E-state index in [2.05, 4.69) is 55.3 Å². The molecule has 1 aromatic heterocycles. The Morgan fingerprint density at radius 1 is 1.03 bits per heavy atom. The van der Waals surface area contributed by atoms with Crippen molar-refractivity contribution in [2.45, 2.75) is 32.7 Å². The Morgan fingerprint density at radius 3 is 2.34 bits per heavy atom. The summed E-state index contributed by atoms with van der Waals surface area (Å²) in [7, 11) is 1.76. The minimum Gasteiger partial charge on any atom is -0.492 e. The SMILES string of the molecule is CNc1ccc(Cl)nc1C(=O)N(CCOc1ccccc1)Cc1ccc(C(C)(C)C)cc1. The molecule has 0 aliphatic rings. The van der Waals surface area contributed by atoms with E-state index in [0.717, 1.165) is 11.3 Å². The second kappa shape index (κ2) is 10.5. The molecule has 0 fully saturated rings. The molecular weight excluding hydrogens is 422 g/mol. The third-order valence-corrected chi connectivity index (χ3v) is 5.40. The maximum Gasteiger partial charge on any atom is 0.275 e. The summed E-state index contributed by atoms with van der Waals surface area (Å²) in [6.45, 7) is 7.77. The molecule has 0 aliphatic carbocycles. The number of benzene rings is 2. The third kappa shape index (κ3) is 6.24. The highest BCUT2D eigenvalue weighted by Gasteiger charge is 2.22. The van der Waals surface area contributed by atoms with Gasteiger partial charge in [-0.2, -0.15) is 0 Å². The molecule has 32 heavy (non-hydrogen) atoms. The van der Waals surface area contributed by atoms with Gasteiger partial charge >= 0.3 is 0 Å². The fraction of sp³-hybridized carbons (Fsp3) is 0.308. The van der Waals surface area contributed by atoms with E-state index < -0.39 is 0 Å². The molecule has 0 unspecified atom stereocenters. The number of carbonyl (C=O) groups excluding carboxylic acids is 1. The average Bonchev–Trinajstić information content (AvgIpc) is 2.78. The molecule has 168 valence electrons. The zero-order valence-corrected chi connectivity index (χ0v) is 19.8. The van der Waals surface area contributed by atoms with Crippen LogP contribution in [0.25, 0.3) is 0 Å². The summed E-state index contributed by atoms with van der Waals surface area (Å²) in [5, 5.41) is 3.31. The molecule has 3 rings (SSSR count). The molecule has 0 saturated heterocycles. The number of anilines is 1. The van der Waals surface area contributed by atoms with Gasteiger partial charge in [0, 0.05) is 13.6 Å². The molecule has 0 aliphatic heterocycles. The van der Waals surface area contributed by atoms with Crippen LogP contribution in [0.2, 0.25) is 5.15 Å². The number of amides is 1. The van der Waals surface area contributed by atoms with E-state index in [-0.39, 0.29) is 16.5 Å². The maximum absolute atomic E-state index is 13.5. The summed E-state index contributed by atoms with van der Waals surface area (Å²) in [4.78, 5) is 19.5. The molecule has 1 N–H and O–H groups in total. The average molecular weight is 452 g/mol. The highest BCUT2D eigenvalue weighted by molar-refractivity contribution is 6.29. The second-order valence-corrected chi connectivity index (χ2v) is 9.00. The molecule has 0 saturated carbocycles. The quantitative estimate of drug-likeness (QED) is 0.440. The minimum atomic E-state index is -0.201. The van der Waals surface area contributed by atoms with E-state index in [1.54, 1.807) is 24.1 Å². The molecule has 0 spiro atoms. The zero-order chi connectivity index (χ0) is 23.1. The van der Waals surface area contributed by atoms with Crippen molar-refractivity contribution in [1.29, 1.82) is 0 Å². The number of carbonyl (C=O) groups is 1. The van der Waals surface area contributed by atoms with Crippen molar-refractivity contribution in [2.24, 2.45) is 0 Å². The number of para-hydroxylation sites is 1. The van der Waals surface area contributed by atoms with Crippen LogP contribution in [-0.2, 0) is 12.0 Å². The number of ether oxygens (including phenoxy) is 1. The number of aromatic nitrogens is 1. The molecule has 1 amide bonds. The minimum absolute atomic E-state index is 0.0734. The van der Waals surface area contributed by atoms with Gasteiger partial charge in [-0.05, 0) is 40.8 Å². The molecular formula is C26H30ClN3O2. The molecule has 3 aromatic rings. The lowest BCUT2D eigenvalue weighted by atomic mass is 9.87. The van der Waals surface area contributed by atoms with Gasteiger partial charge in [0.1, 0.15) is 17.5 Å². The summed E-state index contributed by atoms with van der Waals surface area (Å²) >= 11 is 6.09. The molecule has 6 heteroatoms. The highest BCUT2D eigenvalue weighted by Crippen LogP contribution is 2.24. The number of pyridine rings is 1. The van der Waals surface area contributed by atoms with Crippen molar-refractivity contribution in [3.8, 4) is 5.75 Å². The Labute approximate surface area is 195 Å². The second-order valence-electron chi connectivity index (χ2n) is 8.62. The number of nitrogens with zero attached hydrogens (tertiary/aromatic N) is 2. The largest absolute Gasteiger partial charge is 0.492 e. The van der Waals surface area contributed by atoms with Gasteiger partial charge in [0.2, 0.25) is 0 Å². The van der Waals surface area contributed by atoms with Gasteiger partial charge < -0.3 is 15.0 Å². The van der Waals surface area contributed by atoms with Crippen LogP contribution in [0.15, 0.2) is 66.7 Å². The fourth-order valence-electron chi connectivity index (χ4n) is 3.32. The van der Waals surface area contributed by atoms with Crippen molar-refractivity contribution in [1.82, 2.24) is 9.88 Å². The molecule has 1 heterocycles. The van der Waals surface area contributed by atoms with Crippen LogP contribution in [0, 0.1) is 0 Å². The Morgan fingerprint density at radius 2 is 1.72 bits per heavy atom. The summed E-state index contributed by atoms with van der Waals surface area (Å²) in [6.07, 6.45) is 0. The highest BCUT2D eigenvalue weighted by atomic mass is 35.5. The topological polar surface area (TPSA) is 54.5 Å². The summed E-state index contributed by atoms with van der Waals surface area (Å²) in [5.41, 5.74) is 3.30. The number of hydrogen-bond acceptors (Lipinski definition) is 4. The van der Waals surface area contributed by atoms with Gasteiger partial charge in [0.05, 0.1) is 12.2 Å². The summed E-state index contributed by atoms with van der Waals surface area (Å²) in [5.74, 6) is 0.569. The van der Waals surface area contributed by atoms with Gasteiger partial charge in [-0.25, -0.2) is 4.98 Å². The molecule has 0 bridgehead atoms. The van der Waals surface area contributed by atoms with Gasteiger partial charge in [-0.1, -0.05) is 74.8 Å². The monoisotopic (exact) mass is 451 g/mol. The molecule has 0 atom stereocenters. The lowest BCUT2D eigenvalue weighted by Crippen LogP contribution is -2.35. The Balaban J connectivity index is 1.82. The molecule has 5 nitrogen and oxygen atoms in total. The van der Waals surface area contributed by atoms with Crippen LogP contribution in [0.3, 0.4) is 0 Å². The standard InChI is InChI=1S/C26H30ClN3O2/c1-26(2,3)20-12-10-19(11-13-20)18-30(16-17-32-21-8-6-5-7-9-21)25(31)24-22(28-4)14-15-23(27)29-24/h5-15,28H,16-18H2,1-4H3. The molecule has 0 radical (unpaired) electrons. The van der Waals surface area contributed by atoms with Crippen molar-refractivity contribution in [3.63, 3.8) is 0 Å². The predicted octanol–water partition coefficient (Wildman–Crippen LogP) is 5.80. The van der Waals surface area contributed by atoms with E-state index in [1.807, 2.05) is 30.3 Å². The first-order valence-corrected chi connectivity index (χ1v) is 11.1. The first-order chi connectivity index (χ1) is 15.3. The third-order valence-electron chi connectivity index (χ3n) is 5.19. The van der Waals surface area contributed by atoms with Crippen LogP contribution in [0.4, 0.5) is 5.69 Å². The van der Waals surface area contributed by atoms with Crippen molar-refractivity contribution < 1.29 is 9.53 Å². The van der Waals surface area contributed by atoms with Gasteiger partial charge in [0.15, 0.2) is 5.69 Å². The first-order valence-electron chi connectivity index (χ1n) is 10.7. The van der Waals surface area contributed by atoms with Crippen LogP contribution in [0.5, 0.6) is 5.75 Å². The number of nitrogens with one attached hydrogen (secondary N) is 1. The normalized spacial score (nSPS) is 11.2. The first kappa shape index (κ1) is 23.6. The van der Waals surface area contributed by atoms with E-state index >= 15 is 0 Å². The van der Waals surface area contributed by atoms with Crippen LogP contribution >= 0.6 is 11.6 Å². The fourth-order valence-corrected chi connectivity index (χ4v) is 3.47. The van der Waals surface area contributed by atoms with E-state index in [0.29, 0.717) is 31.1 Å². The lowest BCUT2D eigenvalue weighted by molar-refractivity contribution is 0.0711. The van der Waals surface area contributed by atoms with Crippen molar-refractivity contribution >= 4 is 23.2 Å². The smallest absolute Gasteiger partial charge is 0.275 e. The Bertz CT molecular complexity index is 1030. The van der Waals surface area contributed by atoms with Gasteiger partial charge in [0.25, 0.3) is 5.91 Å². The van der Waals surface area contributed by atoms with E-state index in [4.69, 9.17) is 16.3 Å². The Hall–Kier alpha value is -3.05. The van der Waals surface area contributed by atoms with Crippen molar-refractivity contribution in [2.75, 3.05) is 25.5 Å².